The van der Waals surface area contributed by atoms with Crippen LogP contribution in [0.3, 0.4) is 0 Å². The van der Waals surface area contributed by atoms with Crippen LogP contribution in [0.4, 0.5) is 0 Å². The zero-order chi connectivity index (χ0) is 9.68. The molecule has 0 saturated heterocycles. The van der Waals surface area contributed by atoms with Crippen molar-refractivity contribution < 1.29 is 4.79 Å². The number of carbonyl (C=O) groups excluding carboxylic acids is 1. The van der Waals surface area contributed by atoms with Crippen molar-refractivity contribution >= 4 is 23.6 Å². The third-order valence-electron chi connectivity index (χ3n) is 1.63. The van der Waals surface area contributed by atoms with Gasteiger partial charge >= 0.3 is 0 Å². The van der Waals surface area contributed by atoms with Gasteiger partial charge in [-0.05, 0) is 17.2 Å². The van der Waals surface area contributed by atoms with E-state index in [-0.39, 0.29) is 0 Å². The average molecular weight is 196 g/mol. The van der Waals surface area contributed by atoms with Gasteiger partial charge in [-0.1, -0.05) is 24.3 Å². The number of primary amides is 1. The van der Waals surface area contributed by atoms with E-state index in [0.29, 0.717) is 5.88 Å². The minimum absolute atomic E-state index is 0.430. The number of carbonyl (C=O) groups is 1. The Labute approximate surface area is 82.0 Å². The van der Waals surface area contributed by atoms with Crippen LogP contribution in [0.1, 0.15) is 11.1 Å². The van der Waals surface area contributed by atoms with Gasteiger partial charge in [0.2, 0.25) is 5.91 Å². The van der Waals surface area contributed by atoms with E-state index in [1.54, 1.807) is 6.08 Å². The van der Waals surface area contributed by atoms with E-state index in [1.165, 1.54) is 6.08 Å². The third-order valence-corrected chi connectivity index (χ3v) is 1.91. The molecule has 0 heterocycles. The quantitative estimate of drug-likeness (QED) is 0.581. The highest BCUT2D eigenvalue weighted by Gasteiger charge is 1.95. The van der Waals surface area contributed by atoms with Crippen molar-refractivity contribution in [1.82, 2.24) is 0 Å². The lowest BCUT2D eigenvalue weighted by Crippen LogP contribution is -2.05. The van der Waals surface area contributed by atoms with Crippen molar-refractivity contribution in [3.05, 3.63) is 41.5 Å². The van der Waals surface area contributed by atoms with Crippen molar-refractivity contribution in [3.8, 4) is 0 Å². The molecule has 13 heavy (non-hydrogen) atoms. The summed E-state index contributed by atoms with van der Waals surface area (Å²) < 4.78 is 0. The fourth-order valence-electron chi connectivity index (χ4n) is 0.990. The largest absolute Gasteiger partial charge is 0.366 e. The summed E-state index contributed by atoms with van der Waals surface area (Å²) in [4.78, 5) is 10.5. The Morgan fingerprint density at radius 1 is 1.46 bits per heavy atom. The maximum Gasteiger partial charge on any atom is 0.241 e. The predicted molar refractivity (Wildman–Crippen MR) is 54.2 cm³/mol. The van der Waals surface area contributed by atoms with E-state index in [0.717, 1.165) is 11.1 Å². The minimum atomic E-state index is -0.454. The molecular formula is C10H10ClNO. The molecule has 0 atom stereocenters. The molecule has 2 N–H and O–H groups in total. The Bertz CT molecular complexity index is 333. The zero-order valence-corrected chi connectivity index (χ0v) is 7.79. The average Bonchev–Trinajstić information content (AvgIpc) is 2.15. The van der Waals surface area contributed by atoms with E-state index in [2.05, 4.69) is 0 Å². The second-order valence-electron chi connectivity index (χ2n) is 2.57. The Hall–Kier alpha value is -1.28. The first-order chi connectivity index (χ1) is 6.24. The summed E-state index contributed by atoms with van der Waals surface area (Å²) in [6.07, 6.45) is 2.99. The maximum absolute atomic E-state index is 10.5. The van der Waals surface area contributed by atoms with Crippen LogP contribution in [-0.4, -0.2) is 5.91 Å². The van der Waals surface area contributed by atoms with Gasteiger partial charge in [0.1, 0.15) is 0 Å². The highest BCUT2D eigenvalue weighted by molar-refractivity contribution is 6.17. The Balaban J connectivity index is 2.93. The van der Waals surface area contributed by atoms with Crippen molar-refractivity contribution in [1.29, 1.82) is 0 Å². The van der Waals surface area contributed by atoms with Gasteiger partial charge in [0.15, 0.2) is 0 Å². The molecular weight excluding hydrogens is 186 g/mol. The molecule has 1 aromatic carbocycles. The van der Waals surface area contributed by atoms with Crippen LogP contribution in [0.15, 0.2) is 30.3 Å². The van der Waals surface area contributed by atoms with Crippen molar-refractivity contribution in [2.75, 3.05) is 0 Å². The number of alkyl halides is 1. The van der Waals surface area contributed by atoms with Crippen molar-refractivity contribution in [2.45, 2.75) is 5.88 Å². The molecule has 0 aliphatic heterocycles. The summed E-state index contributed by atoms with van der Waals surface area (Å²) >= 11 is 5.70. The fraction of sp³-hybridized carbons (Fsp3) is 0.100. The van der Waals surface area contributed by atoms with Gasteiger partial charge in [-0.2, -0.15) is 0 Å². The lowest BCUT2D eigenvalue weighted by Gasteiger charge is -1.99. The molecule has 0 radical (unpaired) electrons. The van der Waals surface area contributed by atoms with E-state index >= 15 is 0 Å². The van der Waals surface area contributed by atoms with Crippen LogP contribution in [0.5, 0.6) is 0 Å². The Kier molecular flexibility index (Phi) is 3.53. The highest BCUT2D eigenvalue weighted by Crippen LogP contribution is 2.12. The molecule has 0 aromatic heterocycles. The number of amides is 1. The molecule has 0 aliphatic carbocycles. The number of benzene rings is 1. The van der Waals surface area contributed by atoms with E-state index in [1.807, 2.05) is 24.3 Å². The summed E-state index contributed by atoms with van der Waals surface area (Å²) in [6, 6.07) is 7.58. The lowest BCUT2D eigenvalue weighted by molar-refractivity contribution is -0.113. The second-order valence-corrected chi connectivity index (χ2v) is 2.84. The molecule has 0 aliphatic rings. The number of hydrogen-bond donors (Lipinski definition) is 1. The summed E-state index contributed by atoms with van der Waals surface area (Å²) in [5.74, 6) is -0.0244. The van der Waals surface area contributed by atoms with Crippen LogP contribution in [0.25, 0.3) is 6.08 Å². The normalized spacial score (nSPS) is 10.5. The molecule has 3 heteroatoms. The van der Waals surface area contributed by atoms with Crippen LogP contribution < -0.4 is 5.73 Å². The topological polar surface area (TPSA) is 43.1 Å². The highest BCUT2D eigenvalue weighted by atomic mass is 35.5. The smallest absolute Gasteiger partial charge is 0.241 e. The van der Waals surface area contributed by atoms with Crippen LogP contribution in [-0.2, 0) is 10.7 Å². The molecule has 1 aromatic rings. The molecule has 2 nitrogen and oxygen atoms in total. The van der Waals surface area contributed by atoms with Crippen LogP contribution in [0, 0.1) is 0 Å². The van der Waals surface area contributed by atoms with Crippen LogP contribution in [0.2, 0.25) is 0 Å². The van der Waals surface area contributed by atoms with E-state index in [9.17, 15) is 4.79 Å². The molecule has 0 spiro atoms. The molecule has 1 rings (SSSR count). The van der Waals surface area contributed by atoms with Gasteiger partial charge in [0, 0.05) is 12.0 Å². The zero-order valence-electron chi connectivity index (χ0n) is 7.03. The Morgan fingerprint density at radius 3 is 2.77 bits per heavy atom. The number of hydrogen-bond acceptors (Lipinski definition) is 1. The monoisotopic (exact) mass is 195 g/mol. The summed E-state index contributed by atoms with van der Waals surface area (Å²) in [5.41, 5.74) is 6.89. The number of nitrogens with two attached hydrogens (primary N) is 1. The minimum Gasteiger partial charge on any atom is -0.366 e. The Morgan fingerprint density at radius 2 is 2.15 bits per heavy atom. The maximum atomic E-state index is 10.5. The third kappa shape index (κ3) is 2.92. The van der Waals surface area contributed by atoms with Crippen molar-refractivity contribution in [2.24, 2.45) is 5.73 Å². The second kappa shape index (κ2) is 4.67. The molecule has 0 bridgehead atoms. The molecule has 1 amide bonds. The number of rotatable bonds is 3. The standard InChI is InChI=1S/C10H10ClNO/c11-7-9-4-2-1-3-8(9)5-6-10(12)13/h1-6H,7H2,(H2,12,13). The van der Waals surface area contributed by atoms with Crippen LogP contribution >= 0.6 is 11.6 Å². The van der Waals surface area contributed by atoms with Crippen molar-refractivity contribution in [3.63, 3.8) is 0 Å². The first kappa shape index (κ1) is 9.81. The van der Waals surface area contributed by atoms with Gasteiger partial charge in [-0.25, -0.2) is 0 Å². The fourth-order valence-corrected chi connectivity index (χ4v) is 1.23. The van der Waals surface area contributed by atoms with E-state index < -0.39 is 5.91 Å². The SMILES string of the molecule is NC(=O)C=Cc1ccccc1CCl. The van der Waals surface area contributed by atoms with Gasteiger partial charge in [0.05, 0.1) is 0 Å². The molecule has 0 saturated carbocycles. The number of halogens is 1. The molecule has 0 unspecified atom stereocenters. The van der Waals surface area contributed by atoms with Gasteiger partial charge in [0.25, 0.3) is 0 Å². The first-order valence-electron chi connectivity index (χ1n) is 3.85. The molecule has 0 fully saturated rings. The van der Waals surface area contributed by atoms with E-state index in [4.69, 9.17) is 17.3 Å². The van der Waals surface area contributed by atoms with Gasteiger partial charge < -0.3 is 5.73 Å². The summed E-state index contributed by atoms with van der Waals surface area (Å²) in [6.45, 7) is 0. The summed E-state index contributed by atoms with van der Waals surface area (Å²) in [7, 11) is 0. The van der Waals surface area contributed by atoms with Gasteiger partial charge in [-0.15, -0.1) is 11.6 Å². The van der Waals surface area contributed by atoms with Gasteiger partial charge in [-0.3, -0.25) is 4.79 Å². The lowest BCUT2D eigenvalue weighted by atomic mass is 10.1. The molecule has 68 valence electrons. The first-order valence-corrected chi connectivity index (χ1v) is 4.39. The predicted octanol–water partition coefficient (Wildman–Crippen LogP) is 1.92. The summed E-state index contributed by atoms with van der Waals surface area (Å²) in [5, 5.41) is 0.